The molecule has 2 aromatic heterocycles. The lowest BCUT2D eigenvalue weighted by molar-refractivity contribution is -0.116. The summed E-state index contributed by atoms with van der Waals surface area (Å²) in [5.74, 6) is 0.119. The minimum Gasteiger partial charge on any atom is -0.325 e. The van der Waals surface area contributed by atoms with E-state index >= 15 is 0 Å². The van der Waals surface area contributed by atoms with E-state index < -0.39 is 0 Å². The number of aryl methyl sites for hydroxylation is 1. The summed E-state index contributed by atoms with van der Waals surface area (Å²) < 4.78 is 0. The molecule has 4 heteroatoms. The van der Waals surface area contributed by atoms with Crippen molar-refractivity contribution in [2.24, 2.45) is 0 Å². The van der Waals surface area contributed by atoms with Crippen LogP contribution in [0.4, 0.5) is 5.69 Å². The first-order chi connectivity index (χ1) is 9.29. The van der Waals surface area contributed by atoms with Gasteiger partial charge in [-0.3, -0.25) is 4.79 Å². The number of rotatable bonds is 3. The first-order valence-electron chi connectivity index (χ1n) is 6.98. The lowest BCUT2D eigenvalue weighted by Gasteiger charge is -2.19. The first kappa shape index (κ1) is 12.6. The summed E-state index contributed by atoms with van der Waals surface area (Å²) in [5.41, 5.74) is 3.48. The maximum absolute atomic E-state index is 11.9. The van der Waals surface area contributed by atoms with E-state index in [9.17, 15) is 4.79 Å². The van der Waals surface area contributed by atoms with Crippen LogP contribution in [0, 0.1) is 0 Å². The van der Waals surface area contributed by atoms with Gasteiger partial charge in [0.15, 0.2) is 0 Å². The molecular weight excluding hydrogens is 256 g/mol. The fourth-order valence-corrected chi connectivity index (χ4v) is 3.51. The molecule has 0 fully saturated rings. The minimum absolute atomic E-state index is 0.119. The highest BCUT2D eigenvalue weighted by Gasteiger charge is 2.19. The fourth-order valence-electron chi connectivity index (χ4n) is 2.72. The topological polar surface area (TPSA) is 42.0 Å². The lowest BCUT2D eigenvalue weighted by Crippen LogP contribution is -2.16. The monoisotopic (exact) mass is 274 g/mol. The van der Waals surface area contributed by atoms with Crippen LogP contribution in [0.3, 0.4) is 0 Å². The molecule has 1 N–H and O–H groups in total. The summed E-state index contributed by atoms with van der Waals surface area (Å²) in [4.78, 5) is 17.7. The van der Waals surface area contributed by atoms with Gasteiger partial charge in [0.25, 0.3) is 0 Å². The van der Waals surface area contributed by atoms with Crippen LogP contribution < -0.4 is 5.32 Å². The number of pyridine rings is 1. The second kappa shape index (κ2) is 5.29. The van der Waals surface area contributed by atoms with Gasteiger partial charge in [0, 0.05) is 17.5 Å². The molecule has 0 unspecified atom stereocenters. The van der Waals surface area contributed by atoms with Crippen LogP contribution >= 0.6 is 11.3 Å². The zero-order chi connectivity index (χ0) is 13.2. The third-order valence-electron chi connectivity index (χ3n) is 3.63. The smallest absolute Gasteiger partial charge is 0.224 e. The molecule has 19 heavy (non-hydrogen) atoms. The van der Waals surface area contributed by atoms with Crippen molar-refractivity contribution in [1.82, 2.24) is 4.98 Å². The molecule has 0 saturated heterocycles. The Hall–Kier alpha value is -1.42. The van der Waals surface area contributed by atoms with Gasteiger partial charge in [-0.15, -0.1) is 11.3 Å². The number of fused-ring (bicyclic) bond motifs is 2. The number of nitrogens with zero attached hydrogens (tertiary/aromatic N) is 1. The summed E-state index contributed by atoms with van der Waals surface area (Å²) in [7, 11) is 0. The predicted octanol–water partition coefficient (Wildman–Crippen LogP) is 3.91. The van der Waals surface area contributed by atoms with Crippen molar-refractivity contribution < 1.29 is 4.79 Å². The Morgan fingerprint density at radius 3 is 3.11 bits per heavy atom. The highest BCUT2D eigenvalue weighted by Crippen LogP contribution is 2.35. The molecule has 0 spiro atoms. The van der Waals surface area contributed by atoms with E-state index in [4.69, 9.17) is 4.98 Å². The summed E-state index contributed by atoms with van der Waals surface area (Å²) in [5, 5.41) is 6.29. The van der Waals surface area contributed by atoms with Crippen LogP contribution in [-0.2, 0) is 17.6 Å². The number of hydrogen-bond donors (Lipinski definition) is 1. The Balaban J connectivity index is 2.08. The first-order valence-corrected chi connectivity index (χ1v) is 7.86. The van der Waals surface area contributed by atoms with Crippen molar-refractivity contribution in [3.05, 3.63) is 22.7 Å². The maximum Gasteiger partial charge on any atom is 0.224 e. The molecule has 2 heterocycles. The number of carbonyl (C=O) groups is 1. The van der Waals surface area contributed by atoms with E-state index in [1.165, 1.54) is 24.1 Å². The van der Waals surface area contributed by atoms with Gasteiger partial charge in [-0.1, -0.05) is 6.92 Å². The molecule has 0 atom stereocenters. The molecule has 0 aromatic carbocycles. The van der Waals surface area contributed by atoms with Gasteiger partial charge in [0.05, 0.1) is 5.69 Å². The van der Waals surface area contributed by atoms with Crippen LogP contribution in [0.5, 0.6) is 0 Å². The molecule has 2 aromatic rings. The molecule has 0 bridgehead atoms. The molecule has 3 nitrogen and oxygen atoms in total. The van der Waals surface area contributed by atoms with Gasteiger partial charge in [0.1, 0.15) is 4.83 Å². The third kappa shape index (κ3) is 2.37. The summed E-state index contributed by atoms with van der Waals surface area (Å²) in [6.07, 6.45) is 5.95. The number of amides is 1. The summed E-state index contributed by atoms with van der Waals surface area (Å²) in [6, 6.07) is 2.07. The highest BCUT2D eigenvalue weighted by molar-refractivity contribution is 7.16. The van der Waals surface area contributed by atoms with Crippen LogP contribution in [0.1, 0.15) is 43.9 Å². The zero-order valence-electron chi connectivity index (χ0n) is 11.2. The van der Waals surface area contributed by atoms with Gasteiger partial charge in [0.2, 0.25) is 5.91 Å². The minimum atomic E-state index is 0.119. The van der Waals surface area contributed by atoms with Crippen LogP contribution in [0.2, 0.25) is 0 Å². The van der Waals surface area contributed by atoms with E-state index in [0.29, 0.717) is 6.42 Å². The van der Waals surface area contributed by atoms with Crippen LogP contribution in [-0.4, -0.2) is 10.9 Å². The van der Waals surface area contributed by atoms with Crippen molar-refractivity contribution in [2.45, 2.75) is 45.4 Å². The molecule has 1 amide bonds. The largest absolute Gasteiger partial charge is 0.325 e. The standard InChI is InChI=1S/C15H18N2OS/c1-2-5-13(18)17-14-10-6-3-4-7-12(10)16-15-11(14)8-9-19-15/h8-9H,2-7H2,1H3,(H,16,17,18). The maximum atomic E-state index is 11.9. The Kier molecular flexibility index (Phi) is 3.51. The molecule has 100 valence electrons. The van der Waals surface area contributed by atoms with Crippen molar-refractivity contribution >= 4 is 33.1 Å². The second-order valence-corrected chi connectivity index (χ2v) is 5.95. The zero-order valence-corrected chi connectivity index (χ0v) is 12.0. The summed E-state index contributed by atoms with van der Waals surface area (Å²) in [6.45, 7) is 2.03. The Morgan fingerprint density at radius 1 is 1.42 bits per heavy atom. The number of hydrogen-bond acceptors (Lipinski definition) is 3. The lowest BCUT2D eigenvalue weighted by atomic mass is 9.93. The predicted molar refractivity (Wildman–Crippen MR) is 79.8 cm³/mol. The number of anilines is 1. The van der Waals surface area contributed by atoms with Crippen molar-refractivity contribution in [1.29, 1.82) is 0 Å². The van der Waals surface area contributed by atoms with E-state index in [0.717, 1.165) is 35.2 Å². The number of nitrogens with one attached hydrogen (secondary N) is 1. The van der Waals surface area contributed by atoms with Gasteiger partial charge in [-0.05, 0) is 49.1 Å². The van der Waals surface area contributed by atoms with E-state index in [2.05, 4.69) is 16.8 Å². The molecular formula is C15H18N2OS. The number of aromatic nitrogens is 1. The Morgan fingerprint density at radius 2 is 2.26 bits per heavy atom. The van der Waals surface area contributed by atoms with Gasteiger partial charge in [-0.25, -0.2) is 4.98 Å². The van der Waals surface area contributed by atoms with Gasteiger partial charge in [-0.2, -0.15) is 0 Å². The Bertz CT molecular complexity index is 618. The molecule has 3 rings (SSSR count). The molecule has 1 aliphatic carbocycles. The molecule has 0 radical (unpaired) electrons. The van der Waals surface area contributed by atoms with Crippen LogP contribution in [0.15, 0.2) is 11.4 Å². The average molecular weight is 274 g/mol. The third-order valence-corrected chi connectivity index (χ3v) is 4.44. The van der Waals surface area contributed by atoms with Crippen molar-refractivity contribution in [2.75, 3.05) is 5.32 Å². The van der Waals surface area contributed by atoms with E-state index in [1.807, 2.05) is 6.92 Å². The molecule has 1 aliphatic rings. The fraction of sp³-hybridized carbons (Fsp3) is 0.467. The van der Waals surface area contributed by atoms with Crippen molar-refractivity contribution in [3.63, 3.8) is 0 Å². The highest BCUT2D eigenvalue weighted by atomic mass is 32.1. The number of thiophene rings is 1. The average Bonchev–Trinajstić information content (AvgIpc) is 2.87. The Labute approximate surface area is 117 Å². The van der Waals surface area contributed by atoms with Crippen LogP contribution in [0.25, 0.3) is 10.2 Å². The van der Waals surface area contributed by atoms with Crippen molar-refractivity contribution in [3.8, 4) is 0 Å². The summed E-state index contributed by atoms with van der Waals surface area (Å²) >= 11 is 1.65. The van der Waals surface area contributed by atoms with E-state index in [1.54, 1.807) is 11.3 Å². The normalized spacial score (nSPS) is 14.4. The van der Waals surface area contributed by atoms with E-state index in [-0.39, 0.29) is 5.91 Å². The SMILES string of the molecule is CCCC(=O)Nc1c2c(nc3sccc13)CCCC2. The molecule has 0 aliphatic heterocycles. The van der Waals surface area contributed by atoms with Gasteiger partial charge >= 0.3 is 0 Å². The number of carbonyl (C=O) groups excluding carboxylic acids is 1. The molecule has 0 saturated carbocycles. The second-order valence-electron chi connectivity index (χ2n) is 5.06. The van der Waals surface area contributed by atoms with Gasteiger partial charge < -0.3 is 5.32 Å². The quantitative estimate of drug-likeness (QED) is 0.922.